The molecule has 2 rings (SSSR count). The zero-order valence-corrected chi connectivity index (χ0v) is 12.4. The summed E-state index contributed by atoms with van der Waals surface area (Å²) in [4.78, 5) is 4.34. The first-order chi connectivity index (χ1) is 9.54. The van der Waals surface area contributed by atoms with Crippen LogP contribution in [0.15, 0.2) is 36.5 Å². The molecule has 0 amide bonds. The van der Waals surface area contributed by atoms with Crippen molar-refractivity contribution in [1.29, 1.82) is 0 Å². The van der Waals surface area contributed by atoms with Gasteiger partial charge in [-0.15, -0.1) is 6.42 Å². The van der Waals surface area contributed by atoms with Gasteiger partial charge in [0.25, 0.3) is 0 Å². The molecular formula is C16H13Cl2NO. The van der Waals surface area contributed by atoms with Crippen molar-refractivity contribution in [3.05, 3.63) is 63.4 Å². The third kappa shape index (κ3) is 2.96. The molecule has 2 aromatic rings. The van der Waals surface area contributed by atoms with Crippen molar-refractivity contribution < 1.29 is 5.11 Å². The van der Waals surface area contributed by atoms with Crippen LogP contribution < -0.4 is 0 Å². The van der Waals surface area contributed by atoms with Crippen LogP contribution in [0.1, 0.15) is 35.8 Å². The number of aliphatic hydroxyl groups excluding tert-OH is 1. The number of aliphatic hydroxyl groups is 1. The summed E-state index contributed by atoms with van der Waals surface area (Å²) in [6, 6.07) is 8.84. The molecule has 0 saturated carbocycles. The number of hydrogen-bond donors (Lipinski definition) is 1. The summed E-state index contributed by atoms with van der Waals surface area (Å²) in [5.41, 5.74) is 2.22. The SMILES string of the molecule is C#CC(O)c1cccnc1C(C)c1ccc(Cl)cc1Cl. The Labute approximate surface area is 128 Å². The van der Waals surface area contributed by atoms with Gasteiger partial charge in [0.2, 0.25) is 0 Å². The topological polar surface area (TPSA) is 33.1 Å². The van der Waals surface area contributed by atoms with Gasteiger partial charge >= 0.3 is 0 Å². The predicted molar refractivity (Wildman–Crippen MR) is 82.0 cm³/mol. The maximum absolute atomic E-state index is 9.89. The molecule has 0 bridgehead atoms. The van der Waals surface area contributed by atoms with Crippen LogP contribution in [0.3, 0.4) is 0 Å². The van der Waals surface area contributed by atoms with E-state index >= 15 is 0 Å². The Bertz CT molecular complexity index is 664. The van der Waals surface area contributed by atoms with Crippen molar-refractivity contribution in [2.24, 2.45) is 0 Å². The fourth-order valence-electron chi connectivity index (χ4n) is 2.11. The minimum absolute atomic E-state index is 0.0982. The Morgan fingerprint density at radius 1 is 1.25 bits per heavy atom. The zero-order chi connectivity index (χ0) is 14.7. The van der Waals surface area contributed by atoms with Gasteiger partial charge in [0.1, 0.15) is 6.10 Å². The van der Waals surface area contributed by atoms with E-state index in [1.54, 1.807) is 30.5 Å². The zero-order valence-electron chi connectivity index (χ0n) is 10.8. The van der Waals surface area contributed by atoms with Gasteiger partial charge in [0.15, 0.2) is 0 Å². The summed E-state index contributed by atoms with van der Waals surface area (Å²) in [7, 11) is 0. The smallest absolute Gasteiger partial charge is 0.141 e. The molecule has 1 aromatic heterocycles. The van der Waals surface area contributed by atoms with E-state index in [2.05, 4.69) is 10.9 Å². The number of nitrogens with zero attached hydrogens (tertiary/aromatic N) is 1. The molecule has 0 aliphatic heterocycles. The van der Waals surface area contributed by atoms with Gasteiger partial charge in [-0.3, -0.25) is 4.98 Å². The summed E-state index contributed by atoms with van der Waals surface area (Å²) in [6.07, 6.45) is 5.98. The second-order valence-corrected chi connectivity index (χ2v) is 5.28. The van der Waals surface area contributed by atoms with E-state index in [9.17, 15) is 5.11 Å². The third-order valence-electron chi connectivity index (χ3n) is 3.16. The number of terminal acetylenes is 1. The first-order valence-corrected chi connectivity index (χ1v) is 6.84. The molecule has 2 unspecified atom stereocenters. The second-order valence-electron chi connectivity index (χ2n) is 4.43. The number of benzene rings is 1. The van der Waals surface area contributed by atoms with E-state index in [1.807, 2.05) is 13.0 Å². The minimum atomic E-state index is -0.979. The molecule has 0 aliphatic rings. The highest BCUT2D eigenvalue weighted by atomic mass is 35.5. The van der Waals surface area contributed by atoms with E-state index < -0.39 is 6.10 Å². The average Bonchev–Trinajstić information content (AvgIpc) is 2.46. The summed E-state index contributed by atoms with van der Waals surface area (Å²) >= 11 is 12.1. The van der Waals surface area contributed by atoms with Gasteiger partial charge in [-0.25, -0.2) is 0 Å². The van der Waals surface area contributed by atoms with Gasteiger partial charge in [0, 0.05) is 27.7 Å². The normalized spacial score (nSPS) is 13.6. The average molecular weight is 306 g/mol. The summed E-state index contributed by atoms with van der Waals surface area (Å²) in [5.74, 6) is 2.21. The third-order valence-corrected chi connectivity index (χ3v) is 3.73. The Morgan fingerprint density at radius 3 is 2.65 bits per heavy atom. The molecule has 0 aliphatic carbocycles. The van der Waals surface area contributed by atoms with Crippen molar-refractivity contribution in [1.82, 2.24) is 4.98 Å². The number of aromatic nitrogens is 1. The second kappa shape index (κ2) is 6.28. The van der Waals surface area contributed by atoms with E-state index in [1.165, 1.54) is 0 Å². The molecule has 0 spiro atoms. The molecule has 1 aromatic carbocycles. The summed E-state index contributed by atoms with van der Waals surface area (Å²) in [5, 5.41) is 11.0. The van der Waals surface area contributed by atoms with Crippen LogP contribution in [-0.4, -0.2) is 10.1 Å². The molecule has 2 atom stereocenters. The Kier molecular flexibility index (Phi) is 4.67. The summed E-state index contributed by atoms with van der Waals surface area (Å²) < 4.78 is 0. The van der Waals surface area contributed by atoms with Gasteiger partial charge in [-0.2, -0.15) is 0 Å². The first-order valence-electron chi connectivity index (χ1n) is 6.08. The number of rotatable bonds is 3. The lowest BCUT2D eigenvalue weighted by atomic mass is 9.92. The quantitative estimate of drug-likeness (QED) is 0.862. The minimum Gasteiger partial charge on any atom is -0.376 e. The van der Waals surface area contributed by atoms with Crippen LogP contribution in [0.4, 0.5) is 0 Å². The van der Waals surface area contributed by atoms with Crippen LogP contribution in [-0.2, 0) is 0 Å². The van der Waals surface area contributed by atoms with Gasteiger partial charge < -0.3 is 5.11 Å². The van der Waals surface area contributed by atoms with Crippen LogP contribution in [0, 0.1) is 12.3 Å². The molecule has 0 radical (unpaired) electrons. The standard InChI is InChI=1S/C16H13Cl2NO/c1-3-15(20)13-5-4-8-19-16(13)10(2)12-7-6-11(17)9-14(12)18/h1,4-10,15,20H,2H3. The largest absolute Gasteiger partial charge is 0.376 e. The Morgan fingerprint density at radius 2 is 2.00 bits per heavy atom. The van der Waals surface area contributed by atoms with Crippen molar-refractivity contribution in [2.75, 3.05) is 0 Å². The van der Waals surface area contributed by atoms with Gasteiger partial charge in [-0.05, 0) is 23.8 Å². The molecule has 20 heavy (non-hydrogen) atoms. The van der Waals surface area contributed by atoms with Gasteiger partial charge in [0.05, 0.1) is 5.69 Å². The van der Waals surface area contributed by atoms with Gasteiger partial charge in [-0.1, -0.05) is 48.2 Å². The molecular weight excluding hydrogens is 293 g/mol. The van der Waals surface area contributed by atoms with Crippen molar-refractivity contribution in [3.63, 3.8) is 0 Å². The van der Waals surface area contributed by atoms with Crippen LogP contribution >= 0.6 is 23.2 Å². The molecule has 2 nitrogen and oxygen atoms in total. The molecule has 0 fully saturated rings. The lowest BCUT2D eigenvalue weighted by Crippen LogP contribution is -2.07. The summed E-state index contributed by atoms with van der Waals surface area (Å²) in [6.45, 7) is 1.96. The molecule has 1 N–H and O–H groups in total. The van der Waals surface area contributed by atoms with Crippen molar-refractivity contribution in [3.8, 4) is 12.3 Å². The number of hydrogen-bond acceptors (Lipinski definition) is 2. The fourth-order valence-corrected chi connectivity index (χ4v) is 2.68. The van der Waals surface area contributed by atoms with E-state index in [4.69, 9.17) is 29.6 Å². The maximum atomic E-state index is 9.89. The highest BCUT2D eigenvalue weighted by Gasteiger charge is 2.19. The monoisotopic (exact) mass is 305 g/mol. The van der Waals surface area contributed by atoms with Crippen LogP contribution in [0.25, 0.3) is 0 Å². The highest BCUT2D eigenvalue weighted by Crippen LogP contribution is 2.33. The number of pyridine rings is 1. The fraction of sp³-hybridized carbons (Fsp3) is 0.188. The highest BCUT2D eigenvalue weighted by molar-refractivity contribution is 6.35. The molecule has 1 heterocycles. The van der Waals surface area contributed by atoms with E-state index in [0.717, 1.165) is 5.56 Å². The Balaban J connectivity index is 2.49. The molecule has 0 saturated heterocycles. The number of halogens is 2. The van der Waals surface area contributed by atoms with E-state index in [-0.39, 0.29) is 5.92 Å². The Hall–Kier alpha value is -1.53. The van der Waals surface area contributed by atoms with Crippen LogP contribution in [0.5, 0.6) is 0 Å². The van der Waals surface area contributed by atoms with Crippen LogP contribution in [0.2, 0.25) is 10.0 Å². The first kappa shape index (κ1) is 14.9. The van der Waals surface area contributed by atoms with Crippen molar-refractivity contribution >= 4 is 23.2 Å². The maximum Gasteiger partial charge on any atom is 0.141 e. The van der Waals surface area contributed by atoms with E-state index in [0.29, 0.717) is 21.3 Å². The lowest BCUT2D eigenvalue weighted by molar-refractivity contribution is 0.236. The predicted octanol–water partition coefficient (Wildman–Crippen LogP) is 4.21. The lowest BCUT2D eigenvalue weighted by Gasteiger charge is -2.18. The molecule has 102 valence electrons. The molecule has 4 heteroatoms. The van der Waals surface area contributed by atoms with Crippen molar-refractivity contribution in [2.45, 2.75) is 18.9 Å².